The van der Waals surface area contributed by atoms with E-state index in [0.29, 0.717) is 24.0 Å². The van der Waals surface area contributed by atoms with Gasteiger partial charge in [-0.2, -0.15) is 0 Å². The molecule has 108 valence electrons. The Kier molecular flexibility index (Phi) is 5.28. The maximum atomic E-state index is 12.2. The van der Waals surface area contributed by atoms with Crippen LogP contribution in [-0.4, -0.2) is 19.9 Å². The van der Waals surface area contributed by atoms with Crippen molar-refractivity contribution in [2.24, 2.45) is 5.73 Å². The van der Waals surface area contributed by atoms with E-state index in [0.717, 1.165) is 11.3 Å². The standard InChI is InChI=1S/C12H14BrN3O2S2/c13-11-2-1-9(6-14)5-12(11)20(17,18)16-4-3-10-7-19-8-15-10/h1-2,5,7-8,16H,3-4,6,14H2. The second-order valence-corrected chi connectivity index (χ2v) is 7.40. The van der Waals surface area contributed by atoms with Crippen LogP contribution in [0.3, 0.4) is 0 Å². The summed E-state index contributed by atoms with van der Waals surface area (Å²) in [4.78, 5) is 4.32. The van der Waals surface area contributed by atoms with Gasteiger partial charge < -0.3 is 5.73 Å². The Bertz CT molecular complexity index is 672. The molecule has 1 heterocycles. The molecular formula is C12H14BrN3O2S2. The number of nitrogens with two attached hydrogens (primary N) is 1. The van der Waals surface area contributed by atoms with Crippen molar-refractivity contribution >= 4 is 37.3 Å². The normalized spacial score (nSPS) is 11.7. The second kappa shape index (κ2) is 6.77. The fourth-order valence-electron chi connectivity index (χ4n) is 1.63. The van der Waals surface area contributed by atoms with Gasteiger partial charge in [0, 0.05) is 29.4 Å². The Morgan fingerprint density at radius 1 is 1.40 bits per heavy atom. The number of rotatable bonds is 6. The van der Waals surface area contributed by atoms with Crippen molar-refractivity contribution in [3.05, 3.63) is 44.8 Å². The Balaban J connectivity index is 2.09. The molecule has 5 nitrogen and oxygen atoms in total. The molecule has 0 aliphatic carbocycles. The van der Waals surface area contributed by atoms with Crippen molar-refractivity contribution in [3.63, 3.8) is 0 Å². The van der Waals surface area contributed by atoms with Gasteiger partial charge in [-0.15, -0.1) is 11.3 Å². The summed E-state index contributed by atoms with van der Waals surface area (Å²) in [6.45, 7) is 0.611. The molecule has 0 amide bonds. The first kappa shape index (κ1) is 15.6. The number of nitrogens with zero attached hydrogens (tertiary/aromatic N) is 1. The third-order valence-corrected chi connectivity index (χ3v) is 5.77. The van der Waals surface area contributed by atoms with Crippen molar-refractivity contribution in [1.82, 2.24) is 9.71 Å². The zero-order valence-corrected chi connectivity index (χ0v) is 13.8. The van der Waals surface area contributed by atoms with Gasteiger partial charge in [0.2, 0.25) is 10.0 Å². The first-order valence-electron chi connectivity index (χ1n) is 5.88. The first-order valence-corrected chi connectivity index (χ1v) is 9.10. The lowest BCUT2D eigenvalue weighted by Crippen LogP contribution is -2.26. The number of halogens is 1. The maximum Gasteiger partial charge on any atom is 0.241 e. The Labute approximate surface area is 130 Å². The Morgan fingerprint density at radius 3 is 2.85 bits per heavy atom. The highest BCUT2D eigenvalue weighted by atomic mass is 79.9. The van der Waals surface area contributed by atoms with Gasteiger partial charge in [0.1, 0.15) is 0 Å². The van der Waals surface area contributed by atoms with E-state index in [1.807, 2.05) is 5.38 Å². The number of aromatic nitrogens is 1. The van der Waals surface area contributed by atoms with Crippen LogP contribution in [0.1, 0.15) is 11.3 Å². The summed E-state index contributed by atoms with van der Waals surface area (Å²) in [6, 6.07) is 5.06. The smallest absolute Gasteiger partial charge is 0.241 e. The van der Waals surface area contributed by atoms with Crippen LogP contribution in [-0.2, 0) is 23.0 Å². The quantitative estimate of drug-likeness (QED) is 0.806. The highest BCUT2D eigenvalue weighted by molar-refractivity contribution is 9.10. The maximum absolute atomic E-state index is 12.2. The number of thiazole rings is 1. The van der Waals surface area contributed by atoms with E-state index in [-0.39, 0.29) is 4.90 Å². The van der Waals surface area contributed by atoms with Gasteiger partial charge in [0.25, 0.3) is 0 Å². The minimum Gasteiger partial charge on any atom is -0.326 e. The zero-order valence-electron chi connectivity index (χ0n) is 10.5. The number of benzene rings is 1. The largest absolute Gasteiger partial charge is 0.326 e. The molecule has 0 bridgehead atoms. The van der Waals surface area contributed by atoms with E-state index in [1.165, 1.54) is 11.3 Å². The fourth-order valence-corrected chi connectivity index (χ4v) is 4.27. The average molecular weight is 376 g/mol. The predicted octanol–water partition coefficient (Wildman–Crippen LogP) is 1.89. The van der Waals surface area contributed by atoms with Crippen molar-refractivity contribution in [3.8, 4) is 0 Å². The lowest BCUT2D eigenvalue weighted by atomic mass is 10.2. The van der Waals surface area contributed by atoms with E-state index in [9.17, 15) is 8.42 Å². The zero-order chi connectivity index (χ0) is 14.6. The van der Waals surface area contributed by atoms with Gasteiger partial charge in [0.05, 0.1) is 16.1 Å². The first-order chi connectivity index (χ1) is 9.53. The van der Waals surface area contributed by atoms with E-state index in [1.54, 1.807) is 23.7 Å². The molecule has 0 saturated carbocycles. The summed E-state index contributed by atoms with van der Waals surface area (Å²) in [5.74, 6) is 0. The second-order valence-electron chi connectivity index (χ2n) is 4.10. The summed E-state index contributed by atoms with van der Waals surface area (Å²) in [5.41, 5.74) is 8.92. The van der Waals surface area contributed by atoms with E-state index in [2.05, 4.69) is 25.6 Å². The van der Waals surface area contributed by atoms with Crippen LogP contribution in [0.4, 0.5) is 0 Å². The van der Waals surface area contributed by atoms with Crippen LogP contribution in [0.2, 0.25) is 0 Å². The third kappa shape index (κ3) is 3.86. The lowest BCUT2D eigenvalue weighted by Gasteiger charge is -2.09. The van der Waals surface area contributed by atoms with Crippen LogP contribution in [0.15, 0.2) is 38.5 Å². The predicted molar refractivity (Wildman–Crippen MR) is 83.0 cm³/mol. The molecule has 0 aliphatic rings. The Hall–Kier alpha value is -0.800. The Morgan fingerprint density at radius 2 is 2.20 bits per heavy atom. The molecular weight excluding hydrogens is 362 g/mol. The van der Waals surface area contributed by atoms with Gasteiger partial charge in [-0.1, -0.05) is 6.07 Å². The summed E-state index contributed by atoms with van der Waals surface area (Å²) in [6.07, 6.45) is 0.566. The molecule has 0 spiro atoms. The van der Waals surface area contributed by atoms with Crippen molar-refractivity contribution in [2.75, 3.05) is 6.54 Å². The molecule has 0 unspecified atom stereocenters. The van der Waals surface area contributed by atoms with Crippen LogP contribution >= 0.6 is 27.3 Å². The molecule has 2 rings (SSSR count). The molecule has 2 aromatic rings. The highest BCUT2D eigenvalue weighted by Gasteiger charge is 2.17. The van der Waals surface area contributed by atoms with Crippen LogP contribution in [0, 0.1) is 0 Å². The minimum absolute atomic E-state index is 0.207. The molecule has 1 aromatic heterocycles. The lowest BCUT2D eigenvalue weighted by molar-refractivity contribution is 0.580. The monoisotopic (exact) mass is 375 g/mol. The van der Waals surface area contributed by atoms with Crippen molar-refractivity contribution in [1.29, 1.82) is 0 Å². The highest BCUT2D eigenvalue weighted by Crippen LogP contribution is 2.23. The van der Waals surface area contributed by atoms with Gasteiger partial charge >= 0.3 is 0 Å². The van der Waals surface area contributed by atoms with Gasteiger partial charge in [-0.05, 0) is 33.6 Å². The number of hydrogen-bond acceptors (Lipinski definition) is 5. The minimum atomic E-state index is -3.55. The van der Waals surface area contributed by atoms with E-state index >= 15 is 0 Å². The van der Waals surface area contributed by atoms with Crippen LogP contribution in [0.25, 0.3) is 0 Å². The molecule has 1 aromatic carbocycles. The number of sulfonamides is 1. The van der Waals surface area contributed by atoms with Crippen LogP contribution < -0.4 is 10.5 Å². The summed E-state index contributed by atoms with van der Waals surface area (Å²) >= 11 is 4.75. The average Bonchev–Trinajstić information content (AvgIpc) is 2.92. The molecule has 8 heteroatoms. The van der Waals surface area contributed by atoms with Crippen molar-refractivity contribution < 1.29 is 8.42 Å². The van der Waals surface area contributed by atoms with Crippen molar-refractivity contribution in [2.45, 2.75) is 17.9 Å². The van der Waals surface area contributed by atoms with E-state index in [4.69, 9.17) is 5.73 Å². The summed E-state index contributed by atoms with van der Waals surface area (Å²) < 4.78 is 27.6. The molecule has 3 N–H and O–H groups in total. The molecule has 0 atom stereocenters. The topological polar surface area (TPSA) is 85.1 Å². The summed E-state index contributed by atoms with van der Waals surface area (Å²) in [5, 5.41) is 1.90. The van der Waals surface area contributed by atoms with Gasteiger partial charge in [-0.3, -0.25) is 0 Å². The number of nitrogens with one attached hydrogen (secondary N) is 1. The van der Waals surface area contributed by atoms with E-state index < -0.39 is 10.0 Å². The molecule has 0 saturated heterocycles. The SMILES string of the molecule is NCc1ccc(Br)c(S(=O)(=O)NCCc2cscn2)c1. The van der Waals surface area contributed by atoms with Crippen LogP contribution in [0.5, 0.6) is 0 Å². The number of hydrogen-bond donors (Lipinski definition) is 2. The molecule has 20 heavy (non-hydrogen) atoms. The summed E-state index contributed by atoms with van der Waals surface area (Å²) in [7, 11) is -3.55. The third-order valence-electron chi connectivity index (χ3n) is 2.68. The molecule has 0 radical (unpaired) electrons. The molecule has 0 aliphatic heterocycles. The van der Waals surface area contributed by atoms with Gasteiger partial charge in [-0.25, -0.2) is 18.1 Å². The fraction of sp³-hybridized carbons (Fsp3) is 0.250. The molecule has 0 fully saturated rings. The van der Waals surface area contributed by atoms with Gasteiger partial charge in [0.15, 0.2) is 0 Å².